The first-order chi connectivity index (χ1) is 11.7. The molecule has 2 aromatic heterocycles. The lowest BCUT2D eigenvalue weighted by Crippen LogP contribution is -2.32. The molecular weight excluding hydrogens is 312 g/mol. The Labute approximate surface area is 137 Å². The molecule has 1 N–H and O–H groups in total. The predicted octanol–water partition coefficient (Wildman–Crippen LogP) is 3.01. The van der Waals surface area contributed by atoms with Crippen molar-refractivity contribution < 1.29 is 8.78 Å². The highest BCUT2D eigenvalue weighted by atomic mass is 19.1. The fraction of sp³-hybridized carbons (Fsp3) is 0.353. The maximum absolute atomic E-state index is 13.3. The molecule has 3 heterocycles. The van der Waals surface area contributed by atoms with E-state index < -0.39 is 11.6 Å². The first-order valence-corrected chi connectivity index (χ1v) is 8.01. The molecule has 1 fully saturated rings. The second-order valence-electron chi connectivity index (χ2n) is 6.19. The Bertz CT molecular complexity index is 835. The minimum absolute atomic E-state index is 0.354. The summed E-state index contributed by atoms with van der Waals surface area (Å²) in [5.74, 6) is -0.697. The van der Waals surface area contributed by atoms with Crippen LogP contribution >= 0.6 is 0 Å². The van der Waals surface area contributed by atoms with Crippen LogP contribution in [0.4, 0.5) is 8.78 Å². The van der Waals surface area contributed by atoms with Crippen molar-refractivity contribution in [3.05, 3.63) is 53.5 Å². The first-order valence-electron chi connectivity index (χ1n) is 8.01. The Hall–Kier alpha value is -2.41. The minimum Gasteiger partial charge on any atom is -0.299 e. The van der Waals surface area contributed by atoms with Crippen LogP contribution in [-0.2, 0) is 6.54 Å². The number of hydrogen-bond donors (Lipinski definition) is 1. The van der Waals surface area contributed by atoms with E-state index in [4.69, 9.17) is 0 Å². The maximum Gasteiger partial charge on any atom is 0.199 e. The highest BCUT2D eigenvalue weighted by molar-refractivity contribution is 5.72. The number of benzene rings is 1. The minimum atomic E-state index is -0.526. The van der Waals surface area contributed by atoms with E-state index in [1.807, 2.05) is 0 Å². The molecule has 0 saturated carbocycles. The van der Waals surface area contributed by atoms with Crippen LogP contribution < -0.4 is 0 Å². The van der Waals surface area contributed by atoms with Crippen molar-refractivity contribution in [1.29, 1.82) is 0 Å². The smallest absolute Gasteiger partial charge is 0.199 e. The molecule has 1 aromatic carbocycles. The third kappa shape index (κ3) is 2.99. The predicted molar refractivity (Wildman–Crippen MR) is 85.3 cm³/mol. The maximum atomic E-state index is 13.3. The summed E-state index contributed by atoms with van der Waals surface area (Å²) in [5, 5.41) is 7.27. The number of halogens is 2. The van der Waals surface area contributed by atoms with Crippen LogP contribution in [0.1, 0.15) is 30.0 Å². The molecule has 1 aliphatic heterocycles. The summed E-state index contributed by atoms with van der Waals surface area (Å²) in [6.45, 7) is 2.29. The van der Waals surface area contributed by atoms with Crippen LogP contribution in [0.3, 0.4) is 0 Å². The fourth-order valence-corrected chi connectivity index (χ4v) is 3.39. The number of piperidine rings is 1. The average Bonchev–Trinajstić information content (AvgIpc) is 2.99. The number of hydrogen-bond acceptors (Lipinski definition) is 4. The first kappa shape index (κ1) is 15.1. The number of fused-ring (bicyclic) bond motifs is 1. The van der Waals surface area contributed by atoms with Crippen molar-refractivity contribution in [2.75, 3.05) is 13.1 Å². The molecule has 124 valence electrons. The molecule has 5 nitrogen and oxygen atoms in total. The molecule has 0 radical (unpaired) electrons. The van der Waals surface area contributed by atoms with Crippen molar-refractivity contribution in [3.63, 3.8) is 0 Å². The van der Waals surface area contributed by atoms with Crippen LogP contribution in [-0.4, -0.2) is 38.2 Å². The monoisotopic (exact) mass is 329 g/mol. The van der Waals surface area contributed by atoms with E-state index in [9.17, 15) is 8.78 Å². The van der Waals surface area contributed by atoms with Crippen LogP contribution in [0.15, 0.2) is 30.6 Å². The van der Waals surface area contributed by atoms with Crippen LogP contribution in [0.2, 0.25) is 0 Å². The zero-order valence-electron chi connectivity index (χ0n) is 13.0. The van der Waals surface area contributed by atoms with Gasteiger partial charge in [-0.25, -0.2) is 18.7 Å². The van der Waals surface area contributed by atoms with E-state index in [1.165, 1.54) is 12.1 Å². The molecule has 0 spiro atoms. The van der Waals surface area contributed by atoms with E-state index in [0.29, 0.717) is 23.7 Å². The third-order valence-electron chi connectivity index (χ3n) is 4.54. The molecule has 0 atom stereocenters. The number of rotatable bonds is 3. The summed E-state index contributed by atoms with van der Waals surface area (Å²) < 4.78 is 26.6. The van der Waals surface area contributed by atoms with E-state index in [-0.39, 0.29) is 0 Å². The number of H-pyrrole nitrogens is 1. The Morgan fingerprint density at radius 1 is 1.04 bits per heavy atom. The average molecular weight is 329 g/mol. The van der Waals surface area contributed by atoms with E-state index in [1.54, 1.807) is 12.4 Å². The second kappa shape index (κ2) is 6.24. The van der Waals surface area contributed by atoms with Crippen LogP contribution in [0, 0.1) is 11.6 Å². The Morgan fingerprint density at radius 2 is 1.75 bits per heavy atom. The van der Waals surface area contributed by atoms with Gasteiger partial charge in [-0.15, -0.1) is 0 Å². The van der Waals surface area contributed by atoms with Gasteiger partial charge in [-0.05, 0) is 43.6 Å². The largest absolute Gasteiger partial charge is 0.299 e. The quantitative estimate of drug-likeness (QED) is 0.802. The van der Waals surface area contributed by atoms with Gasteiger partial charge in [0.05, 0.1) is 5.69 Å². The topological polar surface area (TPSA) is 57.7 Å². The molecule has 0 unspecified atom stereocenters. The molecule has 0 bridgehead atoms. The third-order valence-corrected chi connectivity index (χ3v) is 4.54. The van der Waals surface area contributed by atoms with Gasteiger partial charge in [0.1, 0.15) is 17.2 Å². The zero-order chi connectivity index (χ0) is 16.5. The molecule has 1 aliphatic rings. The SMILES string of the molecule is Fc1cc(F)cc(CN2CCC(c3[nH]nc4nccnc34)CC2)c1. The summed E-state index contributed by atoms with van der Waals surface area (Å²) in [7, 11) is 0. The van der Waals surface area contributed by atoms with Gasteiger partial charge in [0.15, 0.2) is 5.65 Å². The van der Waals surface area contributed by atoms with Gasteiger partial charge in [0.2, 0.25) is 0 Å². The lowest BCUT2D eigenvalue weighted by Gasteiger charge is -2.31. The zero-order valence-corrected chi connectivity index (χ0v) is 13.0. The lowest BCUT2D eigenvalue weighted by atomic mass is 9.93. The number of nitrogens with zero attached hydrogens (tertiary/aromatic N) is 4. The normalized spacial score (nSPS) is 16.8. The fourth-order valence-electron chi connectivity index (χ4n) is 3.39. The highest BCUT2D eigenvalue weighted by Gasteiger charge is 2.24. The summed E-state index contributed by atoms with van der Waals surface area (Å²) in [4.78, 5) is 10.8. The molecule has 4 rings (SSSR count). The van der Waals surface area contributed by atoms with Crippen molar-refractivity contribution >= 4 is 11.2 Å². The molecule has 1 saturated heterocycles. The van der Waals surface area contributed by atoms with E-state index in [2.05, 4.69) is 25.1 Å². The highest BCUT2D eigenvalue weighted by Crippen LogP contribution is 2.30. The van der Waals surface area contributed by atoms with Crippen molar-refractivity contribution in [1.82, 2.24) is 25.1 Å². The number of nitrogens with one attached hydrogen (secondary N) is 1. The summed E-state index contributed by atoms with van der Waals surface area (Å²) in [6.07, 6.45) is 5.21. The van der Waals surface area contributed by atoms with Gasteiger partial charge in [-0.3, -0.25) is 10.00 Å². The Balaban J connectivity index is 1.43. The number of aromatic amines is 1. The summed E-state index contributed by atoms with van der Waals surface area (Å²) in [6, 6.07) is 3.69. The number of aromatic nitrogens is 4. The summed E-state index contributed by atoms with van der Waals surface area (Å²) >= 11 is 0. The van der Waals surface area contributed by atoms with Crippen LogP contribution in [0.25, 0.3) is 11.2 Å². The van der Waals surface area contributed by atoms with E-state index >= 15 is 0 Å². The molecular formula is C17H17F2N5. The molecule has 24 heavy (non-hydrogen) atoms. The molecule has 3 aromatic rings. The molecule has 0 amide bonds. The van der Waals surface area contributed by atoms with Crippen molar-refractivity contribution in [2.24, 2.45) is 0 Å². The van der Waals surface area contributed by atoms with Gasteiger partial charge < -0.3 is 0 Å². The molecule has 0 aliphatic carbocycles. The van der Waals surface area contributed by atoms with Gasteiger partial charge in [-0.2, -0.15) is 5.10 Å². The lowest BCUT2D eigenvalue weighted by molar-refractivity contribution is 0.203. The van der Waals surface area contributed by atoms with E-state index in [0.717, 1.165) is 43.2 Å². The van der Waals surface area contributed by atoms with Crippen LogP contribution in [0.5, 0.6) is 0 Å². The number of likely N-dealkylation sites (tertiary alicyclic amines) is 1. The van der Waals surface area contributed by atoms with Crippen molar-refractivity contribution in [3.8, 4) is 0 Å². The molecule has 7 heteroatoms. The standard InChI is InChI=1S/C17H17F2N5/c18-13-7-11(8-14(19)9-13)10-24-5-1-12(2-6-24)15-16-17(23-22-15)21-4-3-20-16/h3-4,7-9,12H,1-2,5-6,10H2,(H,21,22,23). The van der Waals surface area contributed by atoms with Gasteiger partial charge in [0, 0.05) is 30.9 Å². The van der Waals surface area contributed by atoms with Gasteiger partial charge in [0.25, 0.3) is 0 Å². The second-order valence-corrected chi connectivity index (χ2v) is 6.19. The van der Waals surface area contributed by atoms with Gasteiger partial charge >= 0.3 is 0 Å². The summed E-state index contributed by atoms with van der Waals surface area (Å²) in [5.41, 5.74) is 3.19. The Kier molecular flexibility index (Phi) is 3.93. The van der Waals surface area contributed by atoms with Crippen molar-refractivity contribution in [2.45, 2.75) is 25.3 Å². The Morgan fingerprint density at radius 3 is 2.50 bits per heavy atom. The van der Waals surface area contributed by atoms with Gasteiger partial charge in [-0.1, -0.05) is 0 Å².